The molecule has 12 heavy (non-hydrogen) atoms. The van der Waals surface area contributed by atoms with E-state index in [1.165, 1.54) is 19.3 Å². The monoisotopic (exact) mass is 186 g/mol. The Balaban J connectivity index is 3.33. The van der Waals surface area contributed by atoms with Crippen molar-refractivity contribution in [1.82, 2.24) is 0 Å². The van der Waals surface area contributed by atoms with Crippen LogP contribution in [-0.2, 0) is 0 Å². The van der Waals surface area contributed by atoms with E-state index in [9.17, 15) is 4.39 Å². The summed E-state index contributed by atoms with van der Waals surface area (Å²) in [5, 5.41) is 0.336. The summed E-state index contributed by atoms with van der Waals surface area (Å²) in [4.78, 5) is 0. The van der Waals surface area contributed by atoms with Gasteiger partial charge in [-0.15, -0.1) is 0 Å². The Kier molecular flexibility index (Phi) is 2.71. The molecule has 0 aliphatic heterocycles. The SMILES string of the molecule is C=Cc1c(Cl)ccc(OC)c1F. The molecule has 0 saturated heterocycles. The highest BCUT2D eigenvalue weighted by molar-refractivity contribution is 6.32. The van der Waals surface area contributed by atoms with Gasteiger partial charge >= 0.3 is 0 Å². The van der Waals surface area contributed by atoms with Crippen molar-refractivity contribution in [2.75, 3.05) is 7.11 Å². The molecule has 1 rings (SSSR count). The Bertz CT molecular complexity index is 310. The van der Waals surface area contributed by atoms with Gasteiger partial charge in [-0.25, -0.2) is 4.39 Å². The summed E-state index contributed by atoms with van der Waals surface area (Å²) in [6, 6.07) is 3.05. The van der Waals surface area contributed by atoms with E-state index in [0.717, 1.165) is 0 Å². The molecule has 0 unspecified atom stereocenters. The molecule has 64 valence electrons. The topological polar surface area (TPSA) is 9.23 Å². The number of ether oxygens (including phenoxy) is 1. The lowest BCUT2D eigenvalue weighted by Crippen LogP contribution is -1.91. The first-order valence-corrected chi connectivity index (χ1v) is 3.73. The maximum atomic E-state index is 13.3. The molecule has 1 aromatic rings. The zero-order chi connectivity index (χ0) is 9.14. The zero-order valence-electron chi connectivity index (χ0n) is 6.60. The van der Waals surface area contributed by atoms with Gasteiger partial charge in [0.05, 0.1) is 12.1 Å². The van der Waals surface area contributed by atoms with Crippen LogP contribution in [0.2, 0.25) is 5.02 Å². The first-order chi connectivity index (χ1) is 5.70. The van der Waals surface area contributed by atoms with Crippen molar-refractivity contribution in [3.8, 4) is 5.75 Å². The minimum absolute atomic E-state index is 0.175. The van der Waals surface area contributed by atoms with Crippen molar-refractivity contribution in [2.24, 2.45) is 0 Å². The Morgan fingerprint density at radius 3 is 2.75 bits per heavy atom. The molecular weight excluding hydrogens is 179 g/mol. The highest BCUT2D eigenvalue weighted by atomic mass is 35.5. The first-order valence-electron chi connectivity index (χ1n) is 3.35. The molecule has 0 bridgehead atoms. The molecule has 0 aliphatic rings. The maximum absolute atomic E-state index is 13.3. The van der Waals surface area contributed by atoms with E-state index in [-0.39, 0.29) is 11.3 Å². The lowest BCUT2D eigenvalue weighted by Gasteiger charge is -2.05. The van der Waals surface area contributed by atoms with E-state index in [1.807, 2.05) is 0 Å². The fourth-order valence-electron chi connectivity index (χ4n) is 0.894. The quantitative estimate of drug-likeness (QED) is 0.690. The number of rotatable bonds is 2. The van der Waals surface area contributed by atoms with Crippen molar-refractivity contribution in [2.45, 2.75) is 0 Å². The highest BCUT2D eigenvalue weighted by Gasteiger charge is 2.09. The summed E-state index contributed by atoms with van der Waals surface area (Å²) in [7, 11) is 1.40. The van der Waals surface area contributed by atoms with Crippen molar-refractivity contribution in [3.05, 3.63) is 35.1 Å². The average Bonchev–Trinajstić information content (AvgIpc) is 2.06. The standard InChI is InChI=1S/C9H8ClFO/c1-3-6-7(10)4-5-8(12-2)9(6)11/h3-5H,1H2,2H3. The summed E-state index contributed by atoms with van der Waals surface area (Å²) in [6.07, 6.45) is 1.36. The fraction of sp³-hybridized carbons (Fsp3) is 0.111. The molecule has 0 atom stereocenters. The third-order valence-electron chi connectivity index (χ3n) is 1.52. The molecule has 3 heteroatoms. The van der Waals surface area contributed by atoms with Gasteiger partial charge in [0.25, 0.3) is 0 Å². The minimum atomic E-state index is -0.472. The molecule has 0 N–H and O–H groups in total. The normalized spacial score (nSPS) is 9.58. The third kappa shape index (κ3) is 1.43. The molecule has 0 aromatic heterocycles. The molecule has 0 radical (unpaired) electrons. The van der Waals surface area contributed by atoms with E-state index in [0.29, 0.717) is 5.02 Å². The molecule has 1 nitrogen and oxygen atoms in total. The van der Waals surface area contributed by atoms with Crippen LogP contribution in [0.15, 0.2) is 18.7 Å². The number of hydrogen-bond acceptors (Lipinski definition) is 1. The predicted octanol–water partition coefficient (Wildman–Crippen LogP) is 3.13. The van der Waals surface area contributed by atoms with Crippen LogP contribution in [0.5, 0.6) is 5.75 Å². The fourth-order valence-corrected chi connectivity index (χ4v) is 1.12. The Labute approximate surface area is 75.4 Å². The van der Waals surface area contributed by atoms with E-state index in [1.54, 1.807) is 6.07 Å². The van der Waals surface area contributed by atoms with E-state index in [2.05, 4.69) is 6.58 Å². The first kappa shape index (κ1) is 9.07. The van der Waals surface area contributed by atoms with Gasteiger partial charge in [-0.05, 0) is 12.1 Å². The van der Waals surface area contributed by atoms with E-state index >= 15 is 0 Å². The van der Waals surface area contributed by atoms with Crippen molar-refractivity contribution in [1.29, 1.82) is 0 Å². The highest BCUT2D eigenvalue weighted by Crippen LogP contribution is 2.27. The van der Waals surface area contributed by atoms with Gasteiger partial charge in [-0.3, -0.25) is 0 Å². The zero-order valence-corrected chi connectivity index (χ0v) is 7.36. The van der Waals surface area contributed by atoms with Crippen LogP contribution >= 0.6 is 11.6 Å². The number of halogens is 2. The van der Waals surface area contributed by atoms with Crippen LogP contribution in [0.1, 0.15) is 5.56 Å². The van der Waals surface area contributed by atoms with Crippen LogP contribution in [0, 0.1) is 5.82 Å². The van der Waals surface area contributed by atoms with Gasteiger partial charge < -0.3 is 4.74 Å². The minimum Gasteiger partial charge on any atom is -0.494 e. The van der Waals surface area contributed by atoms with Gasteiger partial charge in [0, 0.05) is 5.56 Å². The molecular formula is C9H8ClFO. The van der Waals surface area contributed by atoms with Crippen LogP contribution in [0.3, 0.4) is 0 Å². The lowest BCUT2D eigenvalue weighted by atomic mass is 10.2. The second-order valence-corrected chi connectivity index (χ2v) is 2.59. The summed E-state index contributed by atoms with van der Waals surface area (Å²) < 4.78 is 18.0. The number of hydrogen-bond donors (Lipinski definition) is 0. The Hall–Kier alpha value is -1.02. The molecule has 0 saturated carbocycles. The molecule has 0 aliphatic carbocycles. The van der Waals surface area contributed by atoms with Crippen LogP contribution in [0.4, 0.5) is 4.39 Å². The molecule has 0 heterocycles. The van der Waals surface area contributed by atoms with E-state index in [4.69, 9.17) is 16.3 Å². The largest absolute Gasteiger partial charge is 0.494 e. The van der Waals surface area contributed by atoms with Crippen LogP contribution in [0.25, 0.3) is 6.08 Å². The summed E-state index contributed by atoms with van der Waals surface area (Å²) in [6.45, 7) is 3.45. The molecule has 0 spiro atoms. The van der Waals surface area contributed by atoms with Crippen molar-refractivity contribution in [3.63, 3.8) is 0 Å². The number of benzene rings is 1. The molecule has 0 amide bonds. The lowest BCUT2D eigenvalue weighted by molar-refractivity contribution is 0.386. The summed E-state index contributed by atoms with van der Waals surface area (Å²) in [5.41, 5.74) is 0.274. The second-order valence-electron chi connectivity index (χ2n) is 2.18. The molecule has 1 aromatic carbocycles. The third-order valence-corrected chi connectivity index (χ3v) is 1.84. The Morgan fingerprint density at radius 2 is 2.25 bits per heavy atom. The van der Waals surface area contributed by atoms with E-state index < -0.39 is 5.82 Å². The van der Waals surface area contributed by atoms with Gasteiger partial charge in [-0.2, -0.15) is 0 Å². The van der Waals surface area contributed by atoms with Crippen LogP contribution in [-0.4, -0.2) is 7.11 Å². The number of methoxy groups -OCH3 is 1. The van der Waals surface area contributed by atoms with Gasteiger partial charge in [0.15, 0.2) is 11.6 Å². The average molecular weight is 187 g/mol. The van der Waals surface area contributed by atoms with Gasteiger partial charge in [0.2, 0.25) is 0 Å². The Morgan fingerprint density at radius 1 is 1.58 bits per heavy atom. The second kappa shape index (κ2) is 3.59. The smallest absolute Gasteiger partial charge is 0.173 e. The van der Waals surface area contributed by atoms with Gasteiger partial charge in [0.1, 0.15) is 0 Å². The van der Waals surface area contributed by atoms with Crippen molar-refractivity contribution < 1.29 is 9.13 Å². The maximum Gasteiger partial charge on any atom is 0.173 e. The summed E-state index contributed by atoms with van der Waals surface area (Å²) in [5.74, 6) is -0.297. The van der Waals surface area contributed by atoms with Gasteiger partial charge in [-0.1, -0.05) is 24.3 Å². The predicted molar refractivity (Wildman–Crippen MR) is 48.1 cm³/mol. The molecule has 0 fully saturated rings. The summed E-state index contributed by atoms with van der Waals surface area (Å²) >= 11 is 5.69. The van der Waals surface area contributed by atoms with Crippen molar-refractivity contribution >= 4 is 17.7 Å². The van der Waals surface area contributed by atoms with Crippen LogP contribution < -0.4 is 4.74 Å².